The normalized spacial score (nSPS) is 13.9. The molecule has 3 nitrogen and oxygen atoms in total. The Morgan fingerprint density at radius 3 is 2.47 bits per heavy atom. The van der Waals surface area contributed by atoms with Gasteiger partial charge in [-0.3, -0.25) is 4.90 Å². The maximum Gasteiger partial charge on any atom is 0.0684 e. The molecule has 0 saturated heterocycles. The highest BCUT2D eigenvalue weighted by Crippen LogP contribution is 2.19. The van der Waals surface area contributed by atoms with E-state index >= 15 is 0 Å². The molecule has 1 unspecified atom stereocenters. The fourth-order valence-corrected chi connectivity index (χ4v) is 1.52. The first-order chi connectivity index (χ1) is 6.96. The lowest BCUT2D eigenvalue weighted by atomic mass is 9.91. The van der Waals surface area contributed by atoms with E-state index in [1.54, 1.807) is 7.11 Å². The standard InChI is InChI=1S/C12H24N2O/c1-6-14(11(2)9-15-5)8-7-12(3,4)10-13/h11H,6-9H2,1-5H3. The van der Waals surface area contributed by atoms with Crippen LogP contribution in [0.1, 0.15) is 34.1 Å². The van der Waals surface area contributed by atoms with Crippen molar-refractivity contribution in [1.82, 2.24) is 4.90 Å². The lowest BCUT2D eigenvalue weighted by molar-refractivity contribution is 0.0969. The molecule has 0 aliphatic carbocycles. The van der Waals surface area contributed by atoms with Gasteiger partial charge in [0.2, 0.25) is 0 Å². The largest absolute Gasteiger partial charge is 0.383 e. The molecule has 0 amide bonds. The fourth-order valence-electron chi connectivity index (χ4n) is 1.52. The van der Waals surface area contributed by atoms with E-state index in [4.69, 9.17) is 10.00 Å². The van der Waals surface area contributed by atoms with Gasteiger partial charge in [-0.25, -0.2) is 0 Å². The third-order valence-corrected chi connectivity index (χ3v) is 2.76. The van der Waals surface area contributed by atoms with E-state index in [9.17, 15) is 0 Å². The van der Waals surface area contributed by atoms with Crippen molar-refractivity contribution in [3.63, 3.8) is 0 Å². The first-order valence-corrected chi connectivity index (χ1v) is 5.61. The molecule has 0 aromatic carbocycles. The number of rotatable bonds is 7. The Bertz CT molecular complexity index is 208. The van der Waals surface area contributed by atoms with Crippen LogP contribution in [-0.2, 0) is 4.74 Å². The topological polar surface area (TPSA) is 36.3 Å². The molecule has 0 N–H and O–H groups in total. The molecule has 1 atom stereocenters. The van der Waals surface area contributed by atoms with Gasteiger partial charge in [-0.2, -0.15) is 5.26 Å². The van der Waals surface area contributed by atoms with E-state index < -0.39 is 0 Å². The van der Waals surface area contributed by atoms with Gasteiger partial charge < -0.3 is 4.74 Å². The molecule has 88 valence electrons. The van der Waals surface area contributed by atoms with Gasteiger partial charge in [0, 0.05) is 13.2 Å². The lowest BCUT2D eigenvalue weighted by Gasteiger charge is -2.29. The summed E-state index contributed by atoms with van der Waals surface area (Å²) in [5.41, 5.74) is -0.222. The maximum atomic E-state index is 8.93. The Morgan fingerprint density at radius 2 is 2.07 bits per heavy atom. The Labute approximate surface area is 94.0 Å². The van der Waals surface area contributed by atoms with Crippen LogP contribution >= 0.6 is 0 Å². The molecule has 15 heavy (non-hydrogen) atoms. The Kier molecular flexibility index (Phi) is 6.55. The summed E-state index contributed by atoms with van der Waals surface area (Å²) in [6.07, 6.45) is 0.908. The van der Waals surface area contributed by atoms with Crippen LogP contribution in [0.25, 0.3) is 0 Å². The summed E-state index contributed by atoms with van der Waals surface area (Å²) >= 11 is 0. The van der Waals surface area contributed by atoms with E-state index in [1.807, 2.05) is 13.8 Å². The van der Waals surface area contributed by atoms with Crippen molar-refractivity contribution < 1.29 is 4.74 Å². The number of ether oxygens (including phenoxy) is 1. The van der Waals surface area contributed by atoms with E-state index in [1.165, 1.54) is 0 Å². The van der Waals surface area contributed by atoms with Crippen molar-refractivity contribution in [1.29, 1.82) is 5.26 Å². The van der Waals surface area contributed by atoms with Gasteiger partial charge >= 0.3 is 0 Å². The maximum absolute atomic E-state index is 8.93. The zero-order chi connectivity index (χ0) is 11.9. The third kappa shape index (κ3) is 5.76. The van der Waals surface area contributed by atoms with Gasteiger partial charge in [0.05, 0.1) is 18.1 Å². The van der Waals surface area contributed by atoms with Crippen molar-refractivity contribution in [2.45, 2.75) is 40.2 Å². The zero-order valence-electron chi connectivity index (χ0n) is 10.7. The molecular weight excluding hydrogens is 188 g/mol. The summed E-state index contributed by atoms with van der Waals surface area (Å²) < 4.78 is 5.14. The predicted molar refractivity (Wildman–Crippen MR) is 62.6 cm³/mol. The summed E-state index contributed by atoms with van der Waals surface area (Å²) in [4.78, 5) is 2.35. The molecule has 0 bridgehead atoms. The van der Waals surface area contributed by atoms with E-state index in [2.05, 4.69) is 24.8 Å². The average molecular weight is 212 g/mol. The van der Waals surface area contributed by atoms with Gasteiger partial charge in [-0.05, 0) is 40.3 Å². The van der Waals surface area contributed by atoms with Crippen molar-refractivity contribution in [2.75, 3.05) is 26.8 Å². The van der Waals surface area contributed by atoms with E-state index in [-0.39, 0.29) is 5.41 Å². The number of hydrogen-bond donors (Lipinski definition) is 0. The third-order valence-electron chi connectivity index (χ3n) is 2.76. The molecule has 0 aromatic heterocycles. The van der Waals surface area contributed by atoms with E-state index in [0.717, 1.165) is 26.1 Å². The van der Waals surface area contributed by atoms with Crippen LogP contribution in [0.5, 0.6) is 0 Å². The molecule has 0 aromatic rings. The monoisotopic (exact) mass is 212 g/mol. The van der Waals surface area contributed by atoms with Gasteiger partial charge in [-0.1, -0.05) is 6.92 Å². The SMILES string of the molecule is CCN(CCC(C)(C)C#N)C(C)COC. The average Bonchev–Trinajstić information content (AvgIpc) is 2.19. The van der Waals surface area contributed by atoms with Gasteiger partial charge in [-0.15, -0.1) is 0 Å². The molecule has 0 heterocycles. The summed E-state index contributed by atoms with van der Waals surface area (Å²) in [5, 5.41) is 8.93. The Balaban J connectivity index is 4.06. The van der Waals surface area contributed by atoms with Gasteiger partial charge in [0.15, 0.2) is 0 Å². The summed E-state index contributed by atoms with van der Waals surface area (Å²) in [5.74, 6) is 0. The molecular formula is C12H24N2O. The number of likely N-dealkylation sites (N-methyl/N-ethyl adjacent to an activating group) is 1. The highest BCUT2D eigenvalue weighted by atomic mass is 16.5. The Morgan fingerprint density at radius 1 is 1.47 bits per heavy atom. The molecule has 0 fully saturated rings. The highest BCUT2D eigenvalue weighted by molar-refractivity contribution is 4.92. The predicted octanol–water partition coefficient (Wildman–Crippen LogP) is 2.28. The van der Waals surface area contributed by atoms with Gasteiger partial charge in [0.1, 0.15) is 0 Å². The van der Waals surface area contributed by atoms with Crippen LogP contribution in [0.4, 0.5) is 0 Å². The summed E-state index contributed by atoms with van der Waals surface area (Å²) in [7, 11) is 1.73. The van der Waals surface area contributed by atoms with Crippen molar-refractivity contribution in [3.05, 3.63) is 0 Å². The minimum atomic E-state index is -0.222. The quantitative estimate of drug-likeness (QED) is 0.649. The fraction of sp³-hybridized carbons (Fsp3) is 0.917. The summed E-state index contributed by atoms with van der Waals surface area (Å²) in [6.45, 7) is 11.0. The summed E-state index contributed by atoms with van der Waals surface area (Å²) in [6, 6.07) is 2.76. The molecule has 0 aliphatic rings. The molecule has 3 heteroatoms. The second-order valence-corrected chi connectivity index (χ2v) is 4.68. The zero-order valence-corrected chi connectivity index (χ0v) is 10.7. The number of nitriles is 1. The number of nitrogens with zero attached hydrogens (tertiary/aromatic N) is 2. The van der Waals surface area contributed by atoms with Crippen LogP contribution < -0.4 is 0 Å². The van der Waals surface area contributed by atoms with Crippen LogP contribution in [0.15, 0.2) is 0 Å². The molecule has 0 saturated carbocycles. The van der Waals surface area contributed by atoms with Crippen molar-refractivity contribution in [3.8, 4) is 6.07 Å². The second-order valence-electron chi connectivity index (χ2n) is 4.68. The van der Waals surface area contributed by atoms with Gasteiger partial charge in [0.25, 0.3) is 0 Å². The minimum Gasteiger partial charge on any atom is -0.383 e. The first kappa shape index (κ1) is 14.4. The second kappa shape index (κ2) is 6.81. The van der Waals surface area contributed by atoms with Crippen LogP contribution in [0.3, 0.4) is 0 Å². The molecule has 0 aliphatic heterocycles. The van der Waals surface area contributed by atoms with Crippen LogP contribution in [0.2, 0.25) is 0 Å². The number of hydrogen-bond acceptors (Lipinski definition) is 3. The van der Waals surface area contributed by atoms with Crippen molar-refractivity contribution in [2.24, 2.45) is 5.41 Å². The van der Waals surface area contributed by atoms with Crippen LogP contribution in [-0.4, -0.2) is 37.7 Å². The Hall–Kier alpha value is -0.590. The lowest BCUT2D eigenvalue weighted by Crippen LogP contribution is -2.38. The van der Waals surface area contributed by atoms with E-state index in [0.29, 0.717) is 6.04 Å². The smallest absolute Gasteiger partial charge is 0.0684 e. The minimum absolute atomic E-state index is 0.222. The van der Waals surface area contributed by atoms with Crippen molar-refractivity contribution >= 4 is 0 Å². The molecule has 0 spiro atoms. The number of methoxy groups -OCH3 is 1. The molecule has 0 rings (SSSR count). The molecule has 0 radical (unpaired) electrons. The highest BCUT2D eigenvalue weighted by Gasteiger charge is 2.19. The first-order valence-electron chi connectivity index (χ1n) is 5.61. The van der Waals surface area contributed by atoms with Crippen LogP contribution in [0, 0.1) is 16.7 Å².